The minimum atomic E-state index is -1.19. The van der Waals surface area contributed by atoms with Crippen molar-refractivity contribution in [2.45, 2.75) is 51.0 Å². The molecule has 0 spiro atoms. The number of nitrogens with zero attached hydrogens (tertiary/aromatic N) is 1. The van der Waals surface area contributed by atoms with Crippen LogP contribution in [0.2, 0.25) is 0 Å². The van der Waals surface area contributed by atoms with Crippen LogP contribution in [0.15, 0.2) is 59.7 Å². The van der Waals surface area contributed by atoms with Gasteiger partial charge in [0.1, 0.15) is 18.0 Å². The van der Waals surface area contributed by atoms with Crippen LogP contribution in [0.1, 0.15) is 36.5 Å². The van der Waals surface area contributed by atoms with Crippen LogP contribution in [0.3, 0.4) is 0 Å². The molecule has 1 heterocycles. The number of nitrogens with one attached hydrogen (secondary N) is 1. The Balaban J connectivity index is 1.78. The second-order valence-corrected chi connectivity index (χ2v) is 10.4. The van der Waals surface area contributed by atoms with Gasteiger partial charge in [0.25, 0.3) is 0 Å². The van der Waals surface area contributed by atoms with E-state index >= 15 is 0 Å². The fraction of sp³-hybridized carbons (Fsp3) is 0.419. The first-order valence-corrected chi connectivity index (χ1v) is 13.6. The lowest BCUT2D eigenvalue weighted by molar-refractivity contribution is -0.132. The van der Waals surface area contributed by atoms with Crippen molar-refractivity contribution >= 4 is 11.8 Å². The smallest absolute Gasteiger partial charge is 0.247 e. The van der Waals surface area contributed by atoms with Gasteiger partial charge < -0.3 is 39.7 Å². The Morgan fingerprint density at radius 3 is 2.54 bits per heavy atom. The third kappa shape index (κ3) is 6.40. The molecule has 0 radical (unpaired) electrons. The maximum absolute atomic E-state index is 13.5. The number of rotatable bonds is 11. The Labute approximate surface area is 239 Å². The second-order valence-electron chi connectivity index (χ2n) is 10.4. The molecule has 2 aromatic rings. The fourth-order valence-corrected chi connectivity index (χ4v) is 5.43. The molecule has 41 heavy (non-hydrogen) atoms. The van der Waals surface area contributed by atoms with E-state index in [1.807, 2.05) is 38.1 Å². The van der Waals surface area contributed by atoms with Gasteiger partial charge in [0, 0.05) is 30.3 Å². The molecule has 4 rings (SSSR count). The predicted octanol–water partition coefficient (Wildman–Crippen LogP) is 1.86. The maximum Gasteiger partial charge on any atom is 0.247 e. The summed E-state index contributed by atoms with van der Waals surface area (Å²) in [6, 6.07) is 10.0. The molecule has 2 aliphatic rings. The summed E-state index contributed by atoms with van der Waals surface area (Å²) in [4.78, 5) is 28.6. The Hall–Kier alpha value is -3.86. The van der Waals surface area contributed by atoms with E-state index < -0.39 is 30.1 Å². The summed E-state index contributed by atoms with van der Waals surface area (Å²) in [5.74, 6) is 0.000120. The summed E-state index contributed by atoms with van der Waals surface area (Å²) >= 11 is 0. The predicted molar refractivity (Wildman–Crippen MR) is 152 cm³/mol. The molecule has 2 amide bonds. The average Bonchev–Trinajstić information content (AvgIpc) is 3.36. The monoisotopic (exact) mass is 566 g/mol. The van der Waals surface area contributed by atoms with Crippen molar-refractivity contribution in [3.05, 3.63) is 76.4 Å². The van der Waals surface area contributed by atoms with E-state index in [1.165, 1.54) is 13.2 Å². The van der Waals surface area contributed by atoms with E-state index in [4.69, 9.17) is 14.2 Å². The number of amides is 2. The zero-order valence-electron chi connectivity index (χ0n) is 23.8. The number of ether oxygens (including phenoxy) is 3. The fourth-order valence-electron chi connectivity index (χ4n) is 5.43. The van der Waals surface area contributed by atoms with Gasteiger partial charge >= 0.3 is 0 Å². The first kappa shape index (κ1) is 30.1. The lowest BCUT2D eigenvalue weighted by atomic mass is 9.77. The molecule has 0 saturated carbocycles. The van der Waals surface area contributed by atoms with Gasteiger partial charge in [0.2, 0.25) is 11.8 Å². The van der Waals surface area contributed by atoms with Crippen LogP contribution in [0.25, 0.3) is 0 Å². The molecule has 4 unspecified atom stereocenters. The Kier molecular flexibility index (Phi) is 9.69. The standard InChI is InChI=1S/C31H38N2O8/c1-18(2)12-26(36)33(10-8-19-6-5-7-21(13-19)39-3)24-16-23(31(38)32-9-11-34)27-22-14-20(17-35)15-25(40-4)29(22)41-30(27)28(24)37/h5-7,12-16,24,27-28,30,34-35,37H,8-11,17H2,1-4H3,(H,32,38). The van der Waals surface area contributed by atoms with Crippen molar-refractivity contribution in [2.75, 3.05) is 33.9 Å². The quantitative estimate of drug-likeness (QED) is 0.303. The molecule has 4 N–H and O–H groups in total. The molecule has 10 heteroatoms. The number of carbonyl (C=O) groups excluding carboxylic acids is 2. The number of allylic oxidation sites excluding steroid dienone is 1. The van der Waals surface area contributed by atoms with E-state index in [-0.39, 0.29) is 32.2 Å². The van der Waals surface area contributed by atoms with Gasteiger partial charge in [0.15, 0.2) is 11.5 Å². The zero-order valence-corrected chi connectivity index (χ0v) is 23.8. The van der Waals surface area contributed by atoms with Gasteiger partial charge in [0.05, 0.1) is 39.4 Å². The number of fused-ring (bicyclic) bond motifs is 3. The van der Waals surface area contributed by atoms with Gasteiger partial charge in [-0.05, 0) is 61.7 Å². The van der Waals surface area contributed by atoms with Gasteiger partial charge in [-0.3, -0.25) is 9.59 Å². The van der Waals surface area contributed by atoms with E-state index in [9.17, 15) is 24.9 Å². The number of carbonyl (C=O) groups is 2. The largest absolute Gasteiger partial charge is 0.497 e. The lowest BCUT2D eigenvalue weighted by Crippen LogP contribution is -2.56. The molecule has 4 atom stereocenters. The molecule has 220 valence electrons. The van der Waals surface area contributed by atoms with Crippen LogP contribution in [-0.2, 0) is 22.6 Å². The van der Waals surface area contributed by atoms with Crippen LogP contribution in [0.4, 0.5) is 0 Å². The zero-order chi connectivity index (χ0) is 29.7. The highest BCUT2D eigenvalue weighted by atomic mass is 16.5. The van der Waals surface area contributed by atoms with Crippen molar-refractivity contribution in [3.8, 4) is 17.2 Å². The number of hydrogen-bond acceptors (Lipinski definition) is 8. The Morgan fingerprint density at radius 1 is 1.10 bits per heavy atom. The molecule has 2 aromatic carbocycles. The Morgan fingerprint density at radius 2 is 1.88 bits per heavy atom. The van der Waals surface area contributed by atoms with Gasteiger partial charge in [-0.15, -0.1) is 0 Å². The average molecular weight is 567 g/mol. The van der Waals surface area contributed by atoms with Gasteiger partial charge in [-0.25, -0.2) is 0 Å². The number of benzene rings is 2. The third-order valence-electron chi connectivity index (χ3n) is 7.33. The molecular formula is C31H38N2O8. The highest BCUT2D eigenvalue weighted by Crippen LogP contribution is 2.51. The van der Waals surface area contributed by atoms with Crippen LogP contribution >= 0.6 is 0 Å². The molecule has 0 saturated heterocycles. The van der Waals surface area contributed by atoms with Crippen molar-refractivity contribution in [1.29, 1.82) is 0 Å². The lowest BCUT2D eigenvalue weighted by Gasteiger charge is -2.40. The van der Waals surface area contributed by atoms with E-state index in [0.717, 1.165) is 11.1 Å². The number of hydrogen-bond donors (Lipinski definition) is 4. The van der Waals surface area contributed by atoms with E-state index in [2.05, 4.69) is 5.32 Å². The summed E-state index contributed by atoms with van der Waals surface area (Å²) in [6.45, 7) is 3.41. The van der Waals surface area contributed by atoms with Crippen LogP contribution in [0, 0.1) is 0 Å². The van der Waals surface area contributed by atoms with Gasteiger partial charge in [-0.1, -0.05) is 17.7 Å². The van der Waals surface area contributed by atoms with Crippen molar-refractivity contribution in [1.82, 2.24) is 10.2 Å². The third-order valence-corrected chi connectivity index (χ3v) is 7.33. The number of aliphatic hydroxyl groups is 3. The molecule has 1 aliphatic heterocycles. The first-order chi connectivity index (χ1) is 19.7. The molecule has 10 nitrogen and oxygen atoms in total. The summed E-state index contributed by atoms with van der Waals surface area (Å²) in [6.07, 6.45) is 1.51. The first-order valence-electron chi connectivity index (χ1n) is 13.6. The maximum atomic E-state index is 13.5. The Bertz CT molecular complexity index is 1330. The van der Waals surface area contributed by atoms with Crippen LogP contribution in [-0.4, -0.2) is 84.2 Å². The summed E-state index contributed by atoms with van der Waals surface area (Å²) in [5.41, 5.74) is 3.19. The number of aliphatic hydroxyl groups excluding tert-OH is 3. The molecule has 0 aromatic heterocycles. The second kappa shape index (κ2) is 13.2. The topological polar surface area (TPSA) is 138 Å². The molecule has 0 bridgehead atoms. The molecule has 1 aliphatic carbocycles. The van der Waals surface area contributed by atoms with Crippen LogP contribution in [0.5, 0.6) is 17.2 Å². The SMILES string of the molecule is COc1cccc(CCN(C(=O)C=C(C)C)C2C=C(C(=O)NCCO)C3c4cc(CO)cc(OC)c4OC3C2O)c1. The van der Waals surface area contributed by atoms with Gasteiger partial charge in [-0.2, -0.15) is 0 Å². The molecular weight excluding hydrogens is 528 g/mol. The van der Waals surface area contributed by atoms with Crippen molar-refractivity contribution in [3.63, 3.8) is 0 Å². The molecule has 0 fully saturated rings. The van der Waals surface area contributed by atoms with Crippen molar-refractivity contribution in [2.24, 2.45) is 0 Å². The van der Waals surface area contributed by atoms with Crippen molar-refractivity contribution < 1.29 is 39.1 Å². The normalized spacial score (nSPS) is 20.6. The van der Waals surface area contributed by atoms with E-state index in [1.54, 1.807) is 30.2 Å². The summed E-state index contributed by atoms with van der Waals surface area (Å²) in [7, 11) is 3.06. The summed E-state index contributed by atoms with van der Waals surface area (Å²) < 4.78 is 17.1. The highest BCUT2D eigenvalue weighted by Gasteiger charge is 2.51. The van der Waals surface area contributed by atoms with E-state index in [0.29, 0.717) is 40.4 Å². The minimum Gasteiger partial charge on any atom is -0.497 e. The minimum absolute atomic E-state index is 0.0325. The summed E-state index contributed by atoms with van der Waals surface area (Å²) in [5, 5.41) is 33.6. The highest BCUT2D eigenvalue weighted by molar-refractivity contribution is 5.96. The number of methoxy groups -OCH3 is 2. The van der Waals surface area contributed by atoms with Crippen LogP contribution < -0.4 is 19.5 Å².